The quantitative estimate of drug-likeness (QED) is 0.820. The molecule has 2 heterocycles. The molecule has 2 N–H and O–H groups in total. The summed E-state index contributed by atoms with van der Waals surface area (Å²) in [5.74, 6) is 0.0172. The summed E-state index contributed by atoms with van der Waals surface area (Å²) < 4.78 is 5.16. The van der Waals surface area contributed by atoms with Gasteiger partial charge in [0.15, 0.2) is 5.69 Å². The number of benzene rings is 2. The molecule has 0 fully saturated rings. The molecule has 2 unspecified atom stereocenters. The van der Waals surface area contributed by atoms with Gasteiger partial charge in [-0.25, -0.2) is 0 Å². The van der Waals surface area contributed by atoms with Crippen molar-refractivity contribution in [3.05, 3.63) is 58.0 Å². The molecule has 1 amide bonds. The second-order valence-electron chi connectivity index (χ2n) is 6.22. The van der Waals surface area contributed by atoms with Crippen LogP contribution in [-0.4, -0.2) is 35.3 Å². The Hall–Kier alpha value is -2.93. The standard InChI is InChI=1S/C18H17N3O4/c1-25-16-7-12-13(8-14(16)20-24)19-17(22)15-6-10-4-2-3-5-11(10)9-21(15)18(12)23/h2-5,7-8,15,17,19,22H,6,9H2,1H3. The highest BCUT2D eigenvalue weighted by Gasteiger charge is 2.39. The zero-order chi connectivity index (χ0) is 17.6. The van der Waals surface area contributed by atoms with E-state index >= 15 is 0 Å². The number of carbonyl (C=O) groups excluding carboxylic acids is 1. The van der Waals surface area contributed by atoms with Crippen LogP contribution in [0.15, 0.2) is 41.6 Å². The Morgan fingerprint density at radius 1 is 1.28 bits per heavy atom. The number of nitrogens with one attached hydrogen (secondary N) is 1. The number of ether oxygens (including phenoxy) is 1. The van der Waals surface area contributed by atoms with Crippen LogP contribution < -0.4 is 10.1 Å². The second kappa shape index (κ2) is 5.86. The van der Waals surface area contributed by atoms with Gasteiger partial charge in [-0.2, -0.15) is 0 Å². The zero-order valence-electron chi connectivity index (χ0n) is 13.6. The van der Waals surface area contributed by atoms with Crippen LogP contribution in [0.4, 0.5) is 11.4 Å². The maximum Gasteiger partial charge on any atom is 0.256 e. The Kier molecular flexibility index (Phi) is 3.65. The van der Waals surface area contributed by atoms with E-state index in [-0.39, 0.29) is 17.3 Å². The third-order valence-electron chi connectivity index (χ3n) is 4.86. The smallest absolute Gasteiger partial charge is 0.256 e. The number of hydrogen-bond acceptors (Lipinski definition) is 6. The minimum atomic E-state index is -0.952. The van der Waals surface area contributed by atoms with Crippen LogP contribution in [0.1, 0.15) is 21.5 Å². The predicted molar refractivity (Wildman–Crippen MR) is 91.9 cm³/mol. The molecule has 2 atom stereocenters. The van der Waals surface area contributed by atoms with Gasteiger partial charge in [0.2, 0.25) is 0 Å². The van der Waals surface area contributed by atoms with Gasteiger partial charge in [0, 0.05) is 6.54 Å². The number of rotatable bonds is 2. The Labute approximate surface area is 144 Å². The van der Waals surface area contributed by atoms with Crippen molar-refractivity contribution in [1.29, 1.82) is 0 Å². The maximum atomic E-state index is 13.1. The minimum Gasteiger partial charge on any atom is -0.494 e. The largest absolute Gasteiger partial charge is 0.494 e. The van der Waals surface area contributed by atoms with Gasteiger partial charge >= 0.3 is 0 Å². The molecule has 7 nitrogen and oxygen atoms in total. The highest BCUT2D eigenvalue weighted by Crippen LogP contribution is 2.38. The summed E-state index contributed by atoms with van der Waals surface area (Å²) in [6, 6.07) is 10.4. The summed E-state index contributed by atoms with van der Waals surface area (Å²) in [7, 11) is 1.42. The lowest BCUT2D eigenvalue weighted by atomic mass is 9.93. The van der Waals surface area contributed by atoms with Crippen molar-refractivity contribution < 1.29 is 14.6 Å². The van der Waals surface area contributed by atoms with Gasteiger partial charge in [0.1, 0.15) is 12.0 Å². The number of aliphatic hydroxyl groups is 1. The van der Waals surface area contributed by atoms with Crippen LogP contribution in [0, 0.1) is 4.91 Å². The van der Waals surface area contributed by atoms with Crippen LogP contribution in [0.2, 0.25) is 0 Å². The molecule has 7 heteroatoms. The topological polar surface area (TPSA) is 91.2 Å². The number of amides is 1. The van der Waals surface area contributed by atoms with Gasteiger partial charge in [-0.15, -0.1) is 4.91 Å². The number of carbonyl (C=O) groups is 1. The van der Waals surface area contributed by atoms with Gasteiger partial charge in [0.25, 0.3) is 5.91 Å². The molecular weight excluding hydrogens is 322 g/mol. The lowest BCUT2D eigenvalue weighted by molar-refractivity contribution is 0.0396. The van der Waals surface area contributed by atoms with Gasteiger partial charge < -0.3 is 20.1 Å². The summed E-state index contributed by atoms with van der Waals surface area (Å²) in [6.07, 6.45) is -0.397. The first-order valence-electron chi connectivity index (χ1n) is 8.00. The van der Waals surface area contributed by atoms with Crippen LogP contribution in [0.3, 0.4) is 0 Å². The molecule has 0 saturated heterocycles. The van der Waals surface area contributed by atoms with Crippen LogP contribution in [0.5, 0.6) is 5.75 Å². The number of hydrogen-bond donors (Lipinski definition) is 2. The first kappa shape index (κ1) is 15.6. The first-order chi connectivity index (χ1) is 12.1. The Morgan fingerprint density at radius 2 is 2.04 bits per heavy atom. The molecular formula is C18H17N3O4. The normalized spacial score (nSPS) is 21.4. The number of nitroso groups, excluding NO2 is 1. The number of fused-ring (bicyclic) bond motifs is 3. The Bertz CT molecular complexity index is 867. The molecule has 0 aliphatic carbocycles. The Morgan fingerprint density at radius 3 is 2.76 bits per heavy atom. The summed E-state index contributed by atoms with van der Waals surface area (Å²) in [4.78, 5) is 25.8. The van der Waals surface area contributed by atoms with Crippen molar-refractivity contribution in [2.75, 3.05) is 12.4 Å². The molecule has 128 valence electrons. The van der Waals surface area contributed by atoms with E-state index in [9.17, 15) is 14.8 Å². The monoisotopic (exact) mass is 339 g/mol. The molecule has 2 aromatic rings. The lowest BCUT2D eigenvalue weighted by Crippen LogP contribution is -2.50. The van der Waals surface area contributed by atoms with Crippen molar-refractivity contribution in [2.45, 2.75) is 25.2 Å². The fourth-order valence-electron chi connectivity index (χ4n) is 3.56. The predicted octanol–water partition coefficient (Wildman–Crippen LogP) is 2.40. The van der Waals surface area contributed by atoms with Gasteiger partial charge in [0.05, 0.1) is 24.4 Å². The molecule has 0 radical (unpaired) electrons. The molecule has 2 aliphatic heterocycles. The van der Waals surface area contributed by atoms with Crippen molar-refractivity contribution in [3.63, 3.8) is 0 Å². The first-order valence-corrected chi connectivity index (χ1v) is 8.00. The second-order valence-corrected chi connectivity index (χ2v) is 6.22. The van der Waals surface area contributed by atoms with E-state index < -0.39 is 12.3 Å². The number of aliphatic hydroxyl groups excluding tert-OH is 1. The Balaban J connectivity index is 1.81. The molecule has 2 aromatic carbocycles. The molecule has 2 aliphatic rings. The van der Waals surface area contributed by atoms with E-state index in [0.717, 1.165) is 11.1 Å². The van der Waals surface area contributed by atoms with E-state index in [1.807, 2.05) is 24.3 Å². The summed E-state index contributed by atoms with van der Waals surface area (Å²) in [5, 5.41) is 16.5. The SMILES string of the molecule is COc1cc2c(cc1N=O)NC(O)C1Cc3ccccc3CN1C2=O. The van der Waals surface area contributed by atoms with E-state index in [0.29, 0.717) is 24.2 Å². The summed E-state index contributed by atoms with van der Waals surface area (Å²) >= 11 is 0. The number of nitrogens with zero attached hydrogens (tertiary/aromatic N) is 2. The number of methoxy groups -OCH3 is 1. The molecule has 25 heavy (non-hydrogen) atoms. The lowest BCUT2D eigenvalue weighted by Gasteiger charge is -2.37. The van der Waals surface area contributed by atoms with Crippen molar-refractivity contribution in [3.8, 4) is 5.75 Å². The van der Waals surface area contributed by atoms with Gasteiger partial charge in [-0.05, 0) is 34.9 Å². The van der Waals surface area contributed by atoms with Crippen LogP contribution in [-0.2, 0) is 13.0 Å². The molecule has 0 saturated carbocycles. The van der Waals surface area contributed by atoms with E-state index in [4.69, 9.17) is 4.74 Å². The average molecular weight is 339 g/mol. The van der Waals surface area contributed by atoms with Gasteiger partial charge in [-0.1, -0.05) is 24.3 Å². The zero-order valence-corrected chi connectivity index (χ0v) is 13.6. The summed E-state index contributed by atoms with van der Waals surface area (Å²) in [6.45, 7) is 0.424. The third kappa shape index (κ3) is 2.44. The highest BCUT2D eigenvalue weighted by atomic mass is 16.5. The molecule has 0 spiro atoms. The van der Waals surface area contributed by atoms with Crippen LogP contribution in [0.25, 0.3) is 0 Å². The summed E-state index contributed by atoms with van der Waals surface area (Å²) in [5.41, 5.74) is 3.01. The molecule has 0 bridgehead atoms. The van der Waals surface area contributed by atoms with Crippen molar-refractivity contribution in [1.82, 2.24) is 4.90 Å². The van der Waals surface area contributed by atoms with E-state index in [1.54, 1.807) is 4.90 Å². The van der Waals surface area contributed by atoms with Crippen molar-refractivity contribution >= 4 is 17.3 Å². The van der Waals surface area contributed by atoms with Crippen molar-refractivity contribution in [2.24, 2.45) is 5.18 Å². The average Bonchev–Trinajstić information content (AvgIpc) is 2.74. The fourth-order valence-corrected chi connectivity index (χ4v) is 3.56. The van der Waals surface area contributed by atoms with Gasteiger partial charge in [-0.3, -0.25) is 4.79 Å². The highest BCUT2D eigenvalue weighted by molar-refractivity contribution is 6.02. The molecule has 0 aromatic heterocycles. The minimum absolute atomic E-state index is 0.0805. The number of anilines is 1. The van der Waals surface area contributed by atoms with E-state index in [2.05, 4.69) is 10.5 Å². The van der Waals surface area contributed by atoms with E-state index in [1.165, 1.54) is 19.2 Å². The maximum absolute atomic E-state index is 13.1. The fraction of sp³-hybridized carbons (Fsp3) is 0.278. The van der Waals surface area contributed by atoms with Crippen LogP contribution >= 0.6 is 0 Å². The molecule has 4 rings (SSSR count). The third-order valence-corrected chi connectivity index (χ3v) is 4.86.